The fourth-order valence-electron chi connectivity index (χ4n) is 2.90. The van der Waals surface area contributed by atoms with Gasteiger partial charge in [0.25, 0.3) is 0 Å². The summed E-state index contributed by atoms with van der Waals surface area (Å²) in [6.07, 6.45) is 5.05. The second-order valence-corrected chi connectivity index (χ2v) is 5.26. The molecule has 5 heteroatoms. The van der Waals surface area contributed by atoms with Crippen LogP contribution in [0.3, 0.4) is 0 Å². The quantitative estimate of drug-likeness (QED) is 0.794. The smallest absolute Gasteiger partial charge is 0.307 e. The molecule has 0 aromatic carbocycles. The van der Waals surface area contributed by atoms with Gasteiger partial charge in [-0.25, -0.2) is 0 Å². The molecule has 18 heavy (non-hydrogen) atoms. The normalized spacial score (nSPS) is 32.8. The number of rotatable bonds is 3. The summed E-state index contributed by atoms with van der Waals surface area (Å²) in [5.41, 5.74) is 0. The summed E-state index contributed by atoms with van der Waals surface area (Å²) in [4.78, 5) is 23.3. The van der Waals surface area contributed by atoms with Crippen LogP contribution in [0.1, 0.15) is 38.5 Å². The minimum absolute atomic E-state index is 0.0580. The fourth-order valence-corrected chi connectivity index (χ4v) is 2.90. The Bertz CT molecular complexity index is 312. The van der Waals surface area contributed by atoms with Crippen molar-refractivity contribution < 1.29 is 19.4 Å². The van der Waals surface area contributed by atoms with Crippen molar-refractivity contribution in [2.75, 3.05) is 13.2 Å². The van der Waals surface area contributed by atoms with Gasteiger partial charge in [-0.3, -0.25) is 9.59 Å². The molecule has 1 amide bonds. The van der Waals surface area contributed by atoms with E-state index in [1.54, 1.807) is 0 Å². The first-order chi connectivity index (χ1) is 8.68. The molecule has 2 aliphatic rings. The van der Waals surface area contributed by atoms with Gasteiger partial charge in [0, 0.05) is 6.61 Å². The Morgan fingerprint density at radius 1 is 1.06 bits per heavy atom. The van der Waals surface area contributed by atoms with E-state index in [-0.39, 0.29) is 17.9 Å². The van der Waals surface area contributed by atoms with Crippen molar-refractivity contribution in [1.82, 2.24) is 5.32 Å². The summed E-state index contributed by atoms with van der Waals surface area (Å²) in [5, 5.41) is 12.1. The van der Waals surface area contributed by atoms with Gasteiger partial charge in [-0.1, -0.05) is 12.8 Å². The molecule has 1 saturated heterocycles. The zero-order valence-electron chi connectivity index (χ0n) is 10.6. The number of carbonyl (C=O) groups excluding carboxylic acids is 1. The van der Waals surface area contributed by atoms with Crippen molar-refractivity contribution in [2.45, 2.75) is 44.6 Å². The van der Waals surface area contributed by atoms with E-state index in [1.807, 2.05) is 0 Å². The Balaban J connectivity index is 1.91. The summed E-state index contributed by atoms with van der Waals surface area (Å²) in [7, 11) is 0. The van der Waals surface area contributed by atoms with E-state index < -0.39 is 11.9 Å². The van der Waals surface area contributed by atoms with Crippen molar-refractivity contribution in [3.63, 3.8) is 0 Å². The molecule has 3 unspecified atom stereocenters. The van der Waals surface area contributed by atoms with Gasteiger partial charge >= 0.3 is 5.97 Å². The van der Waals surface area contributed by atoms with E-state index in [0.29, 0.717) is 19.4 Å². The predicted octanol–water partition coefficient (Wildman–Crippen LogP) is 1.17. The molecule has 3 atom stereocenters. The van der Waals surface area contributed by atoms with E-state index in [9.17, 15) is 9.59 Å². The number of ether oxygens (including phenoxy) is 1. The van der Waals surface area contributed by atoms with Crippen molar-refractivity contribution >= 4 is 11.9 Å². The Morgan fingerprint density at radius 3 is 2.39 bits per heavy atom. The molecule has 1 saturated carbocycles. The summed E-state index contributed by atoms with van der Waals surface area (Å²) < 4.78 is 5.31. The third-order valence-electron chi connectivity index (χ3n) is 3.93. The summed E-state index contributed by atoms with van der Waals surface area (Å²) in [6, 6.07) is 0.0580. The summed E-state index contributed by atoms with van der Waals surface area (Å²) >= 11 is 0. The van der Waals surface area contributed by atoms with Crippen molar-refractivity contribution in [2.24, 2.45) is 11.8 Å². The van der Waals surface area contributed by atoms with Crippen LogP contribution in [-0.2, 0) is 14.3 Å². The number of nitrogens with one attached hydrogen (secondary N) is 1. The fraction of sp³-hybridized carbons (Fsp3) is 0.846. The van der Waals surface area contributed by atoms with Crippen LogP contribution in [0, 0.1) is 11.8 Å². The first-order valence-corrected chi connectivity index (χ1v) is 6.79. The Morgan fingerprint density at radius 2 is 1.78 bits per heavy atom. The average molecular weight is 255 g/mol. The van der Waals surface area contributed by atoms with Gasteiger partial charge in [0.15, 0.2) is 0 Å². The van der Waals surface area contributed by atoms with Crippen LogP contribution in [0.4, 0.5) is 0 Å². The van der Waals surface area contributed by atoms with Crippen LogP contribution in [0.25, 0.3) is 0 Å². The molecule has 2 N–H and O–H groups in total. The van der Waals surface area contributed by atoms with Crippen molar-refractivity contribution in [3.05, 3.63) is 0 Å². The van der Waals surface area contributed by atoms with Crippen molar-refractivity contribution in [3.8, 4) is 0 Å². The zero-order valence-corrected chi connectivity index (χ0v) is 10.6. The van der Waals surface area contributed by atoms with Gasteiger partial charge < -0.3 is 15.2 Å². The maximum Gasteiger partial charge on any atom is 0.307 e. The van der Waals surface area contributed by atoms with Crippen LogP contribution in [0.5, 0.6) is 0 Å². The van der Waals surface area contributed by atoms with Crippen molar-refractivity contribution in [1.29, 1.82) is 0 Å². The van der Waals surface area contributed by atoms with Crippen LogP contribution in [0.2, 0.25) is 0 Å². The number of amides is 1. The Hall–Kier alpha value is -1.10. The van der Waals surface area contributed by atoms with Gasteiger partial charge in [0.2, 0.25) is 5.91 Å². The highest BCUT2D eigenvalue weighted by molar-refractivity contribution is 5.85. The van der Waals surface area contributed by atoms with E-state index >= 15 is 0 Å². The molecule has 1 aliphatic carbocycles. The molecule has 0 spiro atoms. The van der Waals surface area contributed by atoms with E-state index in [0.717, 1.165) is 32.3 Å². The van der Waals surface area contributed by atoms with Crippen LogP contribution < -0.4 is 5.32 Å². The maximum absolute atomic E-state index is 12.2. The van der Waals surface area contributed by atoms with Crippen LogP contribution in [0.15, 0.2) is 0 Å². The molecule has 0 radical (unpaired) electrons. The molecule has 5 nitrogen and oxygen atoms in total. The van der Waals surface area contributed by atoms with Gasteiger partial charge in [0.05, 0.1) is 24.5 Å². The molecule has 0 bridgehead atoms. The lowest BCUT2D eigenvalue weighted by Gasteiger charge is -2.30. The molecule has 2 fully saturated rings. The molecule has 1 aliphatic heterocycles. The van der Waals surface area contributed by atoms with Gasteiger partial charge in [-0.15, -0.1) is 0 Å². The van der Waals surface area contributed by atoms with Gasteiger partial charge in [-0.05, 0) is 25.7 Å². The molecule has 2 rings (SSSR count). The van der Waals surface area contributed by atoms with E-state index in [4.69, 9.17) is 9.84 Å². The molecule has 0 aromatic heterocycles. The molecule has 1 heterocycles. The molecular formula is C13H21NO4. The zero-order chi connectivity index (χ0) is 13.0. The molecule has 102 valence electrons. The third-order valence-corrected chi connectivity index (χ3v) is 3.93. The number of hydrogen-bond acceptors (Lipinski definition) is 3. The second-order valence-electron chi connectivity index (χ2n) is 5.26. The Labute approximate surface area is 107 Å². The lowest BCUT2D eigenvalue weighted by molar-refractivity contribution is -0.149. The number of hydrogen-bond donors (Lipinski definition) is 2. The molecule has 0 aromatic rings. The molecular weight excluding hydrogens is 234 g/mol. The topological polar surface area (TPSA) is 75.6 Å². The first-order valence-electron chi connectivity index (χ1n) is 6.79. The average Bonchev–Trinajstić information content (AvgIpc) is 2.40. The highest BCUT2D eigenvalue weighted by Gasteiger charge is 2.36. The van der Waals surface area contributed by atoms with Crippen LogP contribution in [-0.4, -0.2) is 36.2 Å². The lowest BCUT2D eigenvalue weighted by Crippen LogP contribution is -2.46. The predicted molar refractivity (Wildman–Crippen MR) is 65.1 cm³/mol. The van der Waals surface area contributed by atoms with E-state index in [1.165, 1.54) is 0 Å². The highest BCUT2D eigenvalue weighted by Crippen LogP contribution is 2.30. The minimum atomic E-state index is -0.838. The number of carboxylic acids is 1. The van der Waals surface area contributed by atoms with Crippen LogP contribution >= 0.6 is 0 Å². The summed E-state index contributed by atoms with van der Waals surface area (Å²) in [5.74, 6) is -1.81. The van der Waals surface area contributed by atoms with Gasteiger partial charge in [0.1, 0.15) is 0 Å². The van der Waals surface area contributed by atoms with E-state index in [2.05, 4.69) is 5.32 Å². The lowest BCUT2D eigenvalue weighted by atomic mass is 9.78. The maximum atomic E-state index is 12.2. The summed E-state index contributed by atoms with van der Waals surface area (Å²) in [6.45, 7) is 1.31. The third kappa shape index (κ3) is 3.22. The number of carboxylic acid groups (broad SMARTS) is 1. The number of aliphatic carboxylic acids is 1. The monoisotopic (exact) mass is 255 g/mol. The largest absolute Gasteiger partial charge is 0.481 e. The SMILES string of the molecule is O=C(O)C1CCCCC1C(=O)NC1CCCOC1. The van der Waals surface area contributed by atoms with Gasteiger partial charge in [-0.2, -0.15) is 0 Å². The standard InChI is InChI=1S/C13H21NO4/c15-12(14-9-4-3-7-18-8-9)10-5-1-2-6-11(10)13(16)17/h9-11H,1-8H2,(H,14,15)(H,16,17). The highest BCUT2D eigenvalue weighted by atomic mass is 16.5. The Kier molecular flexibility index (Phi) is 4.58. The first kappa shape index (κ1) is 13.3. The minimum Gasteiger partial charge on any atom is -0.481 e. The number of carbonyl (C=O) groups is 2. The second kappa shape index (κ2) is 6.18.